The van der Waals surface area contributed by atoms with Gasteiger partial charge in [0.05, 0.1) is 19.3 Å². The van der Waals surface area contributed by atoms with E-state index in [9.17, 15) is 9.59 Å². The lowest BCUT2D eigenvalue weighted by atomic mass is 10.1. The van der Waals surface area contributed by atoms with Crippen LogP contribution in [0.15, 0.2) is 24.3 Å². The van der Waals surface area contributed by atoms with Crippen LogP contribution < -0.4 is 15.4 Å². The number of unbranched alkanes of at least 4 members (excludes halogenated alkanes) is 1. The second-order valence-corrected chi connectivity index (χ2v) is 4.65. The molecule has 0 spiro atoms. The van der Waals surface area contributed by atoms with Crippen molar-refractivity contribution in [1.29, 1.82) is 0 Å². The van der Waals surface area contributed by atoms with Crippen molar-refractivity contribution in [1.82, 2.24) is 5.32 Å². The van der Waals surface area contributed by atoms with Crippen molar-refractivity contribution in [2.45, 2.75) is 32.2 Å². The van der Waals surface area contributed by atoms with Gasteiger partial charge < -0.3 is 20.5 Å². The summed E-state index contributed by atoms with van der Waals surface area (Å²) in [6, 6.07) is 6.38. The Morgan fingerprint density at radius 1 is 1.33 bits per heavy atom. The number of nitrogens with one attached hydrogen (secondary N) is 2. The zero-order valence-corrected chi connectivity index (χ0v) is 12.4. The monoisotopic (exact) mass is 294 g/mol. The first-order valence-corrected chi connectivity index (χ1v) is 6.97. The Balaban J connectivity index is 2.50. The number of methoxy groups -OCH3 is 1. The van der Waals surface area contributed by atoms with Gasteiger partial charge in [-0.25, -0.2) is 4.79 Å². The summed E-state index contributed by atoms with van der Waals surface area (Å²) >= 11 is 0. The Labute approximate surface area is 124 Å². The third-order valence-electron chi connectivity index (χ3n) is 3.03. The number of carbonyl (C=O) groups is 2. The fourth-order valence-electron chi connectivity index (χ4n) is 1.88. The number of hydrogen-bond acceptors (Lipinski definition) is 4. The number of hydrogen-bond donors (Lipinski definition) is 3. The Morgan fingerprint density at radius 3 is 2.67 bits per heavy atom. The molecule has 0 bridgehead atoms. The molecular formula is C15H22N2O4. The number of amides is 1. The highest BCUT2D eigenvalue weighted by molar-refractivity contribution is 5.86. The van der Waals surface area contributed by atoms with E-state index in [0.29, 0.717) is 17.9 Å². The van der Waals surface area contributed by atoms with Gasteiger partial charge in [-0.05, 0) is 18.6 Å². The van der Waals surface area contributed by atoms with E-state index in [1.807, 2.05) is 19.1 Å². The summed E-state index contributed by atoms with van der Waals surface area (Å²) in [5.74, 6) is -0.732. The summed E-state index contributed by atoms with van der Waals surface area (Å²) in [4.78, 5) is 22.9. The molecule has 6 nitrogen and oxygen atoms in total. The lowest BCUT2D eigenvalue weighted by molar-refractivity contribution is -0.141. The first kappa shape index (κ1) is 16.8. The van der Waals surface area contributed by atoms with Gasteiger partial charge in [0.15, 0.2) is 0 Å². The summed E-state index contributed by atoms with van der Waals surface area (Å²) in [6.45, 7) is 1.97. The van der Waals surface area contributed by atoms with E-state index in [1.165, 1.54) is 0 Å². The molecule has 1 aromatic carbocycles. The van der Waals surface area contributed by atoms with Crippen molar-refractivity contribution in [3.05, 3.63) is 24.3 Å². The molecule has 6 heteroatoms. The Kier molecular flexibility index (Phi) is 7.08. The topological polar surface area (TPSA) is 87.7 Å². The van der Waals surface area contributed by atoms with Crippen molar-refractivity contribution < 1.29 is 19.4 Å². The average molecular weight is 294 g/mol. The Hall–Kier alpha value is -2.24. The maximum absolute atomic E-state index is 11.8. The molecule has 1 amide bonds. The van der Waals surface area contributed by atoms with Crippen LogP contribution in [-0.4, -0.2) is 36.7 Å². The number of benzene rings is 1. The van der Waals surface area contributed by atoms with Gasteiger partial charge >= 0.3 is 5.97 Å². The third kappa shape index (κ3) is 5.72. The third-order valence-corrected chi connectivity index (χ3v) is 3.03. The lowest BCUT2D eigenvalue weighted by Gasteiger charge is -2.15. The van der Waals surface area contributed by atoms with E-state index in [1.54, 1.807) is 19.2 Å². The molecule has 0 aliphatic heterocycles. The summed E-state index contributed by atoms with van der Waals surface area (Å²) in [5, 5.41) is 14.5. The normalized spacial score (nSPS) is 11.5. The van der Waals surface area contributed by atoms with Crippen LogP contribution in [0.25, 0.3) is 0 Å². The second-order valence-electron chi connectivity index (χ2n) is 4.65. The van der Waals surface area contributed by atoms with Crippen molar-refractivity contribution in [2.75, 3.05) is 19.0 Å². The number of carbonyl (C=O) groups excluding carboxylic acids is 1. The predicted molar refractivity (Wildman–Crippen MR) is 80.6 cm³/mol. The molecule has 0 aromatic heterocycles. The average Bonchev–Trinajstić information content (AvgIpc) is 2.49. The largest absolute Gasteiger partial charge is 0.495 e. The number of ether oxygens (including phenoxy) is 1. The quantitative estimate of drug-likeness (QED) is 0.647. The van der Waals surface area contributed by atoms with Gasteiger partial charge in [0.25, 0.3) is 0 Å². The first-order valence-electron chi connectivity index (χ1n) is 6.97. The molecule has 0 aliphatic rings. The minimum atomic E-state index is -1.01. The molecule has 0 fully saturated rings. The number of carboxylic acids is 1. The smallest absolute Gasteiger partial charge is 0.326 e. The van der Waals surface area contributed by atoms with Gasteiger partial charge in [-0.2, -0.15) is 0 Å². The molecule has 0 saturated heterocycles. The SMILES string of the molecule is CCCCC(NC(=O)CNc1ccccc1OC)C(=O)O. The van der Waals surface area contributed by atoms with Crippen LogP contribution in [0, 0.1) is 0 Å². The molecule has 0 aliphatic carbocycles. The van der Waals surface area contributed by atoms with Crippen molar-refractivity contribution >= 4 is 17.6 Å². The highest BCUT2D eigenvalue weighted by Crippen LogP contribution is 2.22. The molecule has 1 aromatic rings. The summed E-state index contributed by atoms with van der Waals surface area (Å²) < 4.78 is 5.16. The summed E-state index contributed by atoms with van der Waals surface area (Å²) in [6.07, 6.45) is 2.09. The highest BCUT2D eigenvalue weighted by atomic mass is 16.5. The van der Waals surface area contributed by atoms with Crippen LogP contribution in [0.1, 0.15) is 26.2 Å². The Morgan fingerprint density at radius 2 is 2.05 bits per heavy atom. The van der Waals surface area contributed by atoms with Crippen LogP contribution >= 0.6 is 0 Å². The number of carboxylic acid groups (broad SMARTS) is 1. The van der Waals surface area contributed by atoms with Crippen LogP contribution in [0.3, 0.4) is 0 Å². The van der Waals surface area contributed by atoms with E-state index in [-0.39, 0.29) is 12.5 Å². The fraction of sp³-hybridized carbons (Fsp3) is 0.467. The predicted octanol–water partition coefficient (Wildman–Crippen LogP) is 1.87. The maximum atomic E-state index is 11.8. The second kappa shape index (κ2) is 8.84. The molecular weight excluding hydrogens is 272 g/mol. The molecule has 0 radical (unpaired) electrons. The standard InChI is InChI=1S/C15H22N2O4/c1-3-4-7-12(15(19)20)17-14(18)10-16-11-8-5-6-9-13(11)21-2/h5-6,8-9,12,16H,3-4,7,10H2,1-2H3,(H,17,18)(H,19,20). The minimum absolute atomic E-state index is 0.00369. The van der Waals surface area contributed by atoms with E-state index in [4.69, 9.17) is 9.84 Å². The van der Waals surface area contributed by atoms with E-state index in [0.717, 1.165) is 12.8 Å². The molecule has 1 unspecified atom stereocenters. The fourth-order valence-corrected chi connectivity index (χ4v) is 1.88. The molecule has 1 atom stereocenters. The van der Waals surface area contributed by atoms with Gasteiger partial charge in [-0.3, -0.25) is 4.79 Å². The number of anilines is 1. The van der Waals surface area contributed by atoms with Crippen molar-refractivity contribution in [3.8, 4) is 5.75 Å². The van der Waals surface area contributed by atoms with Crippen LogP contribution in [0.2, 0.25) is 0 Å². The van der Waals surface area contributed by atoms with Crippen LogP contribution in [0.5, 0.6) is 5.75 Å². The van der Waals surface area contributed by atoms with E-state index in [2.05, 4.69) is 10.6 Å². The molecule has 116 valence electrons. The number of rotatable bonds is 9. The molecule has 0 heterocycles. The van der Waals surface area contributed by atoms with E-state index < -0.39 is 12.0 Å². The molecule has 21 heavy (non-hydrogen) atoms. The van der Waals surface area contributed by atoms with Crippen molar-refractivity contribution in [3.63, 3.8) is 0 Å². The molecule has 1 rings (SSSR count). The van der Waals surface area contributed by atoms with Gasteiger partial charge in [0, 0.05) is 0 Å². The van der Waals surface area contributed by atoms with Gasteiger partial charge in [0.2, 0.25) is 5.91 Å². The molecule has 3 N–H and O–H groups in total. The minimum Gasteiger partial charge on any atom is -0.495 e. The number of para-hydroxylation sites is 2. The zero-order valence-electron chi connectivity index (χ0n) is 12.4. The molecule has 0 saturated carbocycles. The van der Waals surface area contributed by atoms with Gasteiger partial charge in [0.1, 0.15) is 11.8 Å². The van der Waals surface area contributed by atoms with Gasteiger partial charge in [-0.15, -0.1) is 0 Å². The van der Waals surface area contributed by atoms with Crippen LogP contribution in [0.4, 0.5) is 5.69 Å². The van der Waals surface area contributed by atoms with Crippen molar-refractivity contribution in [2.24, 2.45) is 0 Å². The highest BCUT2D eigenvalue weighted by Gasteiger charge is 2.18. The van der Waals surface area contributed by atoms with E-state index >= 15 is 0 Å². The zero-order chi connectivity index (χ0) is 15.7. The first-order chi connectivity index (χ1) is 10.1. The Bertz CT molecular complexity index is 476. The maximum Gasteiger partial charge on any atom is 0.326 e. The van der Waals surface area contributed by atoms with Crippen LogP contribution in [-0.2, 0) is 9.59 Å². The lowest BCUT2D eigenvalue weighted by Crippen LogP contribution is -2.43. The summed E-state index contributed by atoms with van der Waals surface area (Å²) in [7, 11) is 1.55. The van der Waals surface area contributed by atoms with Gasteiger partial charge in [-0.1, -0.05) is 31.9 Å². The number of aliphatic carboxylic acids is 1. The summed E-state index contributed by atoms with van der Waals surface area (Å²) in [5.41, 5.74) is 0.690.